The molecule has 1 aliphatic carbocycles. The highest BCUT2D eigenvalue weighted by atomic mass is 32.1. The summed E-state index contributed by atoms with van der Waals surface area (Å²) < 4.78 is 4.99. The molecule has 1 atom stereocenters. The number of nitrogens with zero attached hydrogens (tertiary/aromatic N) is 4. The Morgan fingerprint density at radius 2 is 1.00 bits per heavy atom. The van der Waals surface area contributed by atoms with E-state index in [-0.39, 0.29) is 0 Å². The lowest BCUT2D eigenvalue weighted by molar-refractivity contribution is 0.748. The Balaban J connectivity index is 1.05. The van der Waals surface area contributed by atoms with Crippen LogP contribution in [0.5, 0.6) is 0 Å². The minimum Gasteiger partial charge on any atom is -0.309 e. The van der Waals surface area contributed by atoms with E-state index in [9.17, 15) is 0 Å². The predicted octanol–water partition coefficient (Wildman–Crippen LogP) is 13.0. The van der Waals surface area contributed by atoms with Gasteiger partial charge in [0.1, 0.15) is 0 Å². The highest BCUT2D eigenvalue weighted by molar-refractivity contribution is 7.25. The number of rotatable bonds is 3. The van der Waals surface area contributed by atoms with Crippen LogP contribution in [-0.2, 0) is 5.41 Å². The summed E-state index contributed by atoms with van der Waals surface area (Å²) in [7, 11) is 0. The molecule has 57 heavy (non-hydrogen) atoms. The van der Waals surface area contributed by atoms with Crippen molar-refractivity contribution < 1.29 is 0 Å². The van der Waals surface area contributed by atoms with Crippen LogP contribution in [0, 0.1) is 0 Å². The topological polar surface area (TPSA) is 43.6 Å². The van der Waals surface area contributed by atoms with Crippen LogP contribution < -0.4 is 0 Å². The number of benzene rings is 8. The standard InChI is InChI=1S/C52H30N4S/c1-2-13-31(14-3-1)49-53-50(55-51(54-49)33-25-27-37-36-17-6-11-24-46(36)57-47(37)30-33)32-26-28-41-39(29-32)34-15-4-7-19-40(34)52(41)42-20-8-10-23-45(42)56-44-22-9-5-16-35(44)38-18-12-21-43(52)48(38)56/h1-30H. The van der Waals surface area contributed by atoms with Crippen LogP contribution in [0.1, 0.15) is 22.3 Å². The molecule has 1 spiro atoms. The molecule has 8 aromatic carbocycles. The molecule has 3 aromatic heterocycles. The lowest BCUT2D eigenvalue weighted by Gasteiger charge is -2.39. The predicted molar refractivity (Wildman–Crippen MR) is 234 cm³/mol. The maximum Gasteiger partial charge on any atom is 0.164 e. The van der Waals surface area contributed by atoms with Gasteiger partial charge in [-0.05, 0) is 63.7 Å². The van der Waals surface area contributed by atoms with Crippen molar-refractivity contribution >= 4 is 53.3 Å². The van der Waals surface area contributed by atoms with Crippen LogP contribution in [0.3, 0.4) is 0 Å². The summed E-state index contributed by atoms with van der Waals surface area (Å²) in [6.45, 7) is 0. The Hall–Kier alpha value is -7.21. The zero-order valence-electron chi connectivity index (χ0n) is 30.5. The van der Waals surface area contributed by atoms with Gasteiger partial charge in [0.2, 0.25) is 0 Å². The van der Waals surface area contributed by atoms with E-state index in [1.165, 1.54) is 81.0 Å². The van der Waals surface area contributed by atoms with Gasteiger partial charge < -0.3 is 4.57 Å². The first-order valence-corrected chi connectivity index (χ1v) is 20.2. The van der Waals surface area contributed by atoms with Gasteiger partial charge >= 0.3 is 0 Å². The van der Waals surface area contributed by atoms with E-state index in [4.69, 9.17) is 15.0 Å². The number of hydrogen-bond acceptors (Lipinski definition) is 4. The molecule has 0 radical (unpaired) electrons. The summed E-state index contributed by atoms with van der Waals surface area (Å²) in [6.07, 6.45) is 0. The van der Waals surface area contributed by atoms with Gasteiger partial charge in [-0.2, -0.15) is 0 Å². The summed E-state index contributed by atoms with van der Waals surface area (Å²) in [5.41, 5.74) is 13.7. The first-order chi connectivity index (χ1) is 28.3. The normalized spacial score (nSPS) is 15.1. The van der Waals surface area contributed by atoms with Crippen LogP contribution in [0.2, 0.25) is 0 Å². The fourth-order valence-corrected chi connectivity index (χ4v) is 11.1. The Bertz CT molecular complexity index is 3490. The van der Waals surface area contributed by atoms with Crippen molar-refractivity contribution in [3.8, 4) is 51.0 Å². The van der Waals surface area contributed by atoms with Crippen LogP contribution in [-0.4, -0.2) is 19.5 Å². The summed E-state index contributed by atoms with van der Waals surface area (Å²) in [4.78, 5) is 15.5. The highest BCUT2D eigenvalue weighted by Crippen LogP contribution is 2.61. The van der Waals surface area contributed by atoms with Gasteiger partial charge in [0.25, 0.3) is 0 Å². The molecule has 264 valence electrons. The molecule has 0 N–H and O–H groups in total. The minimum absolute atomic E-state index is 0.510. The van der Waals surface area contributed by atoms with Crippen LogP contribution >= 0.6 is 11.3 Å². The van der Waals surface area contributed by atoms with Crippen LogP contribution in [0.25, 0.3) is 93.0 Å². The molecule has 1 unspecified atom stereocenters. The van der Waals surface area contributed by atoms with Gasteiger partial charge in [0.15, 0.2) is 17.5 Å². The van der Waals surface area contributed by atoms with E-state index in [0.29, 0.717) is 17.5 Å². The molecule has 0 bridgehead atoms. The Morgan fingerprint density at radius 3 is 1.88 bits per heavy atom. The first-order valence-electron chi connectivity index (χ1n) is 19.4. The van der Waals surface area contributed by atoms with Crippen molar-refractivity contribution in [1.82, 2.24) is 19.5 Å². The number of thiophene rings is 1. The van der Waals surface area contributed by atoms with E-state index < -0.39 is 5.41 Å². The average Bonchev–Trinajstić information content (AvgIpc) is 3.92. The molecular weight excluding hydrogens is 713 g/mol. The molecule has 0 saturated heterocycles. The Morgan fingerprint density at radius 1 is 0.386 bits per heavy atom. The van der Waals surface area contributed by atoms with Crippen molar-refractivity contribution in [2.45, 2.75) is 5.41 Å². The fraction of sp³-hybridized carbons (Fsp3) is 0.0192. The van der Waals surface area contributed by atoms with E-state index in [1.54, 1.807) is 11.3 Å². The van der Waals surface area contributed by atoms with Gasteiger partial charge in [0, 0.05) is 47.6 Å². The van der Waals surface area contributed by atoms with Crippen molar-refractivity contribution in [1.29, 1.82) is 0 Å². The molecule has 5 heteroatoms. The monoisotopic (exact) mass is 742 g/mol. The van der Waals surface area contributed by atoms with Crippen molar-refractivity contribution in [2.75, 3.05) is 0 Å². The van der Waals surface area contributed by atoms with Crippen molar-refractivity contribution in [3.05, 3.63) is 204 Å². The minimum atomic E-state index is -0.510. The first kappa shape index (κ1) is 31.0. The average molecular weight is 743 g/mol. The molecular formula is C52H30N4S. The van der Waals surface area contributed by atoms with Gasteiger partial charge in [-0.3, -0.25) is 0 Å². The second-order valence-electron chi connectivity index (χ2n) is 15.1. The molecule has 0 saturated carbocycles. The summed E-state index contributed by atoms with van der Waals surface area (Å²) in [5.74, 6) is 1.98. The van der Waals surface area contributed by atoms with Gasteiger partial charge in [0.05, 0.1) is 22.1 Å². The van der Waals surface area contributed by atoms with Crippen molar-refractivity contribution in [2.24, 2.45) is 0 Å². The number of hydrogen-bond donors (Lipinski definition) is 0. The van der Waals surface area contributed by atoms with E-state index in [1.807, 2.05) is 18.2 Å². The van der Waals surface area contributed by atoms with E-state index >= 15 is 0 Å². The zero-order valence-corrected chi connectivity index (χ0v) is 31.3. The van der Waals surface area contributed by atoms with Gasteiger partial charge in [-0.1, -0.05) is 152 Å². The Labute approximate surface area is 332 Å². The summed E-state index contributed by atoms with van der Waals surface area (Å²) >= 11 is 1.81. The Kier molecular flexibility index (Phi) is 6.22. The molecule has 1 aliphatic heterocycles. The molecule has 2 aliphatic rings. The van der Waals surface area contributed by atoms with Crippen LogP contribution in [0.15, 0.2) is 182 Å². The lowest BCUT2D eigenvalue weighted by atomic mass is 9.65. The molecule has 4 heterocycles. The maximum atomic E-state index is 5.25. The number of aromatic nitrogens is 4. The molecule has 0 amide bonds. The third-order valence-electron chi connectivity index (χ3n) is 12.3. The maximum absolute atomic E-state index is 5.25. The highest BCUT2D eigenvalue weighted by Gasteiger charge is 2.50. The summed E-state index contributed by atoms with van der Waals surface area (Å²) in [5, 5.41) is 5.08. The fourth-order valence-electron chi connectivity index (χ4n) is 9.92. The number of para-hydroxylation sites is 3. The second-order valence-corrected chi connectivity index (χ2v) is 16.2. The quantitative estimate of drug-likeness (QED) is 0.181. The third-order valence-corrected chi connectivity index (χ3v) is 13.4. The van der Waals surface area contributed by atoms with Crippen molar-refractivity contribution in [3.63, 3.8) is 0 Å². The molecule has 0 fully saturated rings. The molecule has 4 nitrogen and oxygen atoms in total. The smallest absolute Gasteiger partial charge is 0.164 e. The largest absolute Gasteiger partial charge is 0.309 e. The van der Waals surface area contributed by atoms with Gasteiger partial charge in [-0.15, -0.1) is 11.3 Å². The van der Waals surface area contributed by atoms with E-state index in [2.05, 4.69) is 168 Å². The van der Waals surface area contributed by atoms with Crippen LogP contribution in [0.4, 0.5) is 0 Å². The second kappa shape index (κ2) is 11.4. The SMILES string of the molecule is c1ccc(-c2nc(-c3ccc4c(c3)-c3ccccc3C43c4ccccc4-n4c5ccccc5c5cccc3c54)nc(-c3ccc4c(c3)sc3ccccc34)n2)cc1. The molecule has 11 aromatic rings. The third kappa shape index (κ3) is 4.13. The molecule has 13 rings (SSSR count). The van der Waals surface area contributed by atoms with E-state index in [0.717, 1.165) is 16.7 Å². The lowest BCUT2D eigenvalue weighted by Crippen LogP contribution is -2.33. The summed E-state index contributed by atoms with van der Waals surface area (Å²) in [6, 6.07) is 66.0. The number of fused-ring (bicyclic) bond motifs is 15. The zero-order chi connectivity index (χ0) is 37.2. The van der Waals surface area contributed by atoms with Gasteiger partial charge in [-0.25, -0.2) is 15.0 Å².